The summed E-state index contributed by atoms with van der Waals surface area (Å²) in [6.07, 6.45) is 0.0321. The number of rotatable bonds is 4. The van der Waals surface area contributed by atoms with E-state index in [1.165, 1.54) is 0 Å². The first-order chi connectivity index (χ1) is 12.7. The largest absolute Gasteiger partial charge is 0.480 e. The lowest BCUT2D eigenvalue weighted by Gasteiger charge is -2.25. The average molecular weight is 368 g/mol. The summed E-state index contributed by atoms with van der Waals surface area (Å²) in [5.74, 6) is 1.70. The van der Waals surface area contributed by atoms with Crippen molar-refractivity contribution >= 4 is 23.6 Å². The topological polar surface area (TPSA) is 58.6 Å². The maximum atomic E-state index is 12.9. The summed E-state index contributed by atoms with van der Waals surface area (Å²) >= 11 is 1.60. The quantitative estimate of drug-likeness (QED) is 0.899. The Hall–Kier alpha value is -2.47. The van der Waals surface area contributed by atoms with Gasteiger partial charge in [0, 0.05) is 18.7 Å². The zero-order chi connectivity index (χ0) is 17.9. The van der Waals surface area contributed by atoms with Crippen LogP contribution in [0.15, 0.2) is 54.6 Å². The molecule has 1 saturated heterocycles. The molecule has 2 amide bonds. The van der Waals surface area contributed by atoms with Gasteiger partial charge >= 0.3 is 0 Å². The molecule has 1 N–H and O–H groups in total. The highest BCUT2D eigenvalue weighted by molar-refractivity contribution is 7.99. The summed E-state index contributed by atoms with van der Waals surface area (Å²) in [6, 6.07) is 17.0. The molecule has 5 nitrogen and oxygen atoms in total. The molecule has 0 bridgehead atoms. The molecular formula is C20H20N2O3S. The molecule has 0 radical (unpaired) electrons. The predicted molar refractivity (Wildman–Crippen MR) is 101 cm³/mol. The van der Waals surface area contributed by atoms with Crippen molar-refractivity contribution < 1.29 is 14.3 Å². The van der Waals surface area contributed by atoms with Gasteiger partial charge in [-0.1, -0.05) is 48.5 Å². The average Bonchev–Trinajstić information content (AvgIpc) is 3.33. The van der Waals surface area contributed by atoms with Gasteiger partial charge in [-0.25, -0.2) is 0 Å². The highest BCUT2D eigenvalue weighted by Crippen LogP contribution is 2.31. The van der Waals surface area contributed by atoms with Crippen molar-refractivity contribution in [2.24, 2.45) is 0 Å². The van der Waals surface area contributed by atoms with E-state index in [1.54, 1.807) is 16.7 Å². The van der Waals surface area contributed by atoms with Crippen LogP contribution in [0.4, 0.5) is 0 Å². The molecule has 2 aromatic rings. The van der Waals surface area contributed by atoms with Gasteiger partial charge in [0.25, 0.3) is 5.91 Å². The van der Waals surface area contributed by atoms with E-state index in [0.29, 0.717) is 24.6 Å². The molecule has 26 heavy (non-hydrogen) atoms. The number of benzene rings is 2. The predicted octanol–water partition coefficient (Wildman–Crippen LogP) is 2.21. The third-order valence-corrected chi connectivity index (χ3v) is 5.71. The van der Waals surface area contributed by atoms with Crippen LogP contribution in [0, 0.1) is 0 Å². The Balaban J connectivity index is 1.38. The third kappa shape index (κ3) is 3.42. The Morgan fingerprint density at radius 1 is 1.12 bits per heavy atom. The summed E-state index contributed by atoms with van der Waals surface area (Å²) in [6.45, 7) is 0.467. The van der Waals surface area contributed by atoms with E-state index in [0.717, 1.165) is 16.9 Å². The van der Waals surface area contributed by atoms with Crippen molar-refractivity contribution in [1.82, 2.24) is 10.2 Å². The zero-order valence-corrected chi connectivity index (χ0v) is 15.1. The van der Waals surface area contributed by atoms with Crippen LogP contribution >= 0.6 is 11.8 Å². The van der Waals surface area contributed by atoms with Crippen LogP contribution in [0.5, 0.6) is 5.75 Å². The Labute approximate surface area is 156 Å². The molecule has 0 saturated carbocycles. The number of carbonyl (C=O) groups is 2. The molecule has 2 aliphatic rings. The lowest BCUT2D eigenvalue weighted by atomic mass is 10.1. The molecule has 0 spiro atoms. The molecule has 2 aromatic carbocycles. The number of hydrogen-bond donors (Lipinski definition) is 1. The highest BCUT2D eigenvalue weighted by atomic mass is 32.2. The number of fused-ring (bicyclic) bond motifs is 1. The Bertz CT molecular complexity index is 787. The lowest BCUT2D eigenvalue weighted by Crippen LogP contribution is -2.50. The first kappa shape index (κ1) is 17.0. The van der Waals surface area contributed by atoms with Crippen LogP contribution in [0.2, 0.25) is 0 Å². The Kier molecular flexibility index (Phi) is 4.84. The fourth-order valence-electron chi connectivity index (χ4n) is 3.28. The van der Waals surface area contributed by atoms with Crippen LogP contribution in [0.3, 0.4) is 0 Å². The smallest absolute Gasteiger partial charge is 0.265 e. The first-order valence-corrected chi connectivity index (χ1v) is 9.82. The number of thioether (sulfide) groups is 1. The van der Waals surface area contributed by atoms with Gasteiger partial charge in [0.1, 0.15) is 11.8 Å². The van der Waals surface area contributed by atoms with Gasteiger partial charge in [-0.3, -0.25) is 9.59 Å². The fourth-order valence-corrected chi connectivity index (χ4v) is 4.45. The van der Waals surface area contributed by atoms with Crippen molar-refractivity contribution in [3.8, 4) is 5.75 Å². The van der Waals surface area contributed by atoms with E-state index in [4.69, 9.17) is 4.74 Å². The van der Waals surface area contributed by atoms with Gasteiger partial charge < -0.3 is 15.0 Å². The van der Waals surface area contributed by atoms with Crippen molar-refractivity contribution in [3.63, 3.8) is 0 Å². The van der Waals surface area contributed by atoms with Crippen LogP contribution in [-0.2, 0) is 22.6 Å². The normalized spacial score (nSPS) is 21.2. The van der Waals surface area contributed by atoms with Crippen LogP contribution in [0.1, 0.15) is 11.1 Å². The molecule has 0 aliphatic carbocycles. The molecule has 2 aliphatic heterocycles. The second-order valence-electron chi connectivity index (χ2n) is 6.45. The number of ether oxygens (including phenoxy) is 1. The highest BCUT2D eigenvalue weighted by Gasteiger charge is 2.40. The number of nitrogens with one attached hydrogen (secondary N) is 1. The Morgan fingerprint density at radius 3 is 2.69 bits per heavy atom. The van der Waals surface area contributed by atoms with Crippen molar-refractivity contribution in [2.75, 3.05) is 11.6 Å². The standard InChI is InChI=1S/C20H20N2O3S/c23-19(21-11-14-6-2-1-3-7-14)16-12-26-13-22(16)20(24)18-10-15-8-4-5-9-17(15)25-18/h1-9,16,18H,10-13H2,(H,21,23)/t16-,18+/m0/s1. The van der Waals surface area contributed by atoms with Crippen LogP contribution in [0.25, 0.3) is 0 Å². The second kappa shape index (κ2) is 7.41. The zero-order valence-electron chi connectivity index (χ0n) is 14.3. The van der Waals surface area contributed by atoms with Gasteiger partial charge in [0.05, 0.1) is 5.88 Å². The fraction of sp³-hybridized carbons (Fsp3) is 0.300. The molecule has 0 unspecified atom stereocenters. The summed E-state index contributed by atoms with van der Waals surface area (Å²) in [4.78, 5) is 27.2. The van der Waals surface area contributed by atoms with Crippen molar-refractivity contribution in [1.29, 1.82) is 0 Å². The van der Waals surface area contributed by atoms with E-state index in [1.807, 2.05) is 54.6 Å². The number of hydrogen-bond acceptors (Lipinski definition) is 4. The van der Waals surface area contributed by atoms with E-state index >= 15 is 0 Å². The molecular weight excluding hydrogens is 348 g/mol. The summed E-state index contributed by atoms with van der Waals surface area (Å²) in [5.41, 5.74) is 2.08. The van der Waals surface area contributed by atoms with Gasteiger partial charge in [-0.05, 0) is 17.2 Å². The molecule has 2 heterocycles. The van der Waals surface area contributed by atoms with E-state index in [-0.39, 0.29) is 11.8 Å². The van der Waals surface area contributed by atoms with Crippen LogP contribution in [-0.4, -0.2) is 40.5 Å². The monoisotopic (exact) mass is 368 g/mol. The Morgan fingerprint density at radius 2 is 1.88 bits per heavy atom. The minimum atomic E-state index is -0.532. The number of amides is 2. The number of nitrogens with zero attached hydrogens (tertiary/aromatic N) is 1. The SMILES string of the molecule is O=C(NCc1ccccc1)[C@@H]1CSCN1C(=O)[C@H]1Cc2ccccc2O1. The van der Waals surface area contributed by atoms with Gasteiger partial charge in [0.15, 0.2) is 6.10 Å². The third-order valence-electron chi connectivity index (χ3n) is 4.70. The van der Waals surface area contributed by atoms with Gasteiger partial charge in [0.2, 0.25) is 5.91 Å². The van der Waals surface area contributed by atoms with E-state index in [2.05, 4.69) is 5.32 Å². The summed E-state index contributed by atoms with van der Waals surface area (Å²) in [7, 11) is 0. The summed E-state index contributed by atoms with van der Waals surface area (Å²) < 4.78 is 5.81. The maximum absolute atomic E-state index is 12.9. The van der Waals surface area contributed by atoms with Crippen LogP contribution < -0.4 is 10.1 Å². The van der Waals surface area contributed by atoms with Crippen molar-refractivity contribution in [2.45, 2.75) is 25.1 Å². The van der Waals surface area contributed by atoms with Gasteiger partial charge in [-0.15, -0.1) is 11.8 Å². The molecule has 4 rings (SSSR count). The number of para-hydroxylation sites is 1. The molecule has 2 atom stereocenters. The first-order valence-electron chi connectivity index (χ1n) is 8.67. The van der Waals surface area contributed by atoms with E-state index < -0.39 is 12.1 Å². The maximum Gasteiger partial charge on any atom is 0.265 e. The molecule has 0 aromatic heterocycles. The second-order valence-corrected chi connectivity index (χ2v) is 7.45. The van der Waals surface area contributed by atoms with Crippen molar-refractivity contribution in [3.05, 3.63) is 65.7 Å². The van der Waals surface area contributed by atoms with Gasteiger partial charge in [-0.2, -0.15) is 0 Å². The number of carbonyl (C=O) groups excluding carboxylic acids is 2. The molecule has 134 valence electrons. The molecule has 6 heteroatoms. The minimum absolute atomic E-state index is 0.105. The molecule has 1 fully saturated rings. The minimum Gasteiger partial charge on any atom is -0.480 e. The van der Waals surface area contributed by atoms with E-state index in [9.17, 15) is 9.59 Å². The summed E-state index contributed by atoms with van der Waals surface area (Å²) in [5, 5.41) is 2.95. The lowest BCUT2D eigenvalue weighted by molar-refractivity contribution is -0.143.